The van der Waals surface area contributed by atoms with Gasteiger partial charge in [0, 0.05) is 6.54 Å². The lowest BCUT2D eigenvalue weighted by Gasteiger charge is -2.06. The average molecular weight is 406 g/mol. The molecular weight excluding hydrogens is 354 g/mol. The van der Waals surface area contributed by atoms with Crippen molar-refractivity contribution in [2.75, 3.05) is 6.54 Å². The second-order valence-electron chi connectivity index (χ2n) is 9.15. The lowest BCUT2D eigenvalue weighted by molar-refractivity contribution is 0.501. The van der Waals surface area contributed by atoms with Crippen molar-refractivity contribution in [1.29, 1.82) is 0 Å². The summed E-state index contributed by atoms with van der Waals surface area (Å²) in [5.74, 6) is 0.891. The van der Waals surface area contributed by atoms with Gasteiger partial charge in [-0.3, -0.25) is 0 Å². The SMILES string of the molecule is CC(C)CCCCCCCCCCCCCCCCCNCc1ccccc1.O. The molecular formula is C27H51NO. The minimum Gasteiger partial charge on any atom is -0.412 e. The fourth-order valence-corrected chi connectivity index (χ4v) is 3.93. The van der Waals surface area contributed by atoms with E-state index in [0.29, 0.717) is 0 Å². The summed E-state index contributed by atoms with van der Waals surface area (Å²) in [6.07, 6.45) is 23.1. The molecule has 29 heavy (non-hydrogen) atoms. The van der Waals surface area contributed by atoms with Gasteiger partial charge in [-0.1, -0.05) is 140 Å². The van der Waals surface area contributed by atoms with Crippen molar-refractivity contribution >= 4 is 0 Å². The van der Waals surface area contributed by atoms with Gasteiger partial charge in [-0.2, -0.15) is 0 Å². The van der Waals surface area contributed by atoms with Crippen LogP contribution in [-0.4, -0.2) is 12.0 Å². The maximum absolute atomic E-state index is 3.56. The van der Waals surface area contributed by atoms with Crippen LogP contribution in [0.1, 0.15) is 122 Å². The maximum atomic E-state index is 3.56. The molecule has 0 saturated carbocycles. The minimum atomic E-state index is 0. The Balaban J connectivity index is 0.00000784. The van der Waals surface area contributed by atoms with Crippen molar-refractivity contribution in [1.82, 2.24) is 5.32 Å². The summed E-state index contributed by atoms with van der Waals surface area (Å²) in [5, 5.41) is 3.56. The average Bonchev–Trinajstić information content (AvgIpc) is 2.70. The first-order chi connectivity index (χ1) is 13.8. The van der Waals surface area contributed by atoms with Crippen LogP contribution in [0, 0.1) is 5.92 Å². The van der Waals surface area contributed by atoms with E-state index in [1.165, 1.54) is 108 Å². The lowest BCUT2D eigenvalue weighted by Crippen LogP contribution is -2.14. The van der Waals surface area contributed by atoms with Gasteiger partial charge >= 0.3 is 0 Å². The van der Waals surface area contributed by atoms with Gasteiger partial charge in [-0.25, -0.2) is 0 Å². The van der Waals surface area contributed by atoms with E-state index in [1.807, 2.05) is 0 Å². The van der Waals surface area contributed by atoms with Crippen molar-refractivity contribution in [3.05, 3.63) is 35.9 Å². The number of hydrogen-bond donors (Lipinski definition) is 1. The summed E-state index contributed by atoms with van der Waals surface area (Å²) in [5.41, 5.74) is 1.39. The molecule has 0 aromatic heterocycles. The Kier molecular flexibility index (Phi) is 21.2. The Labute approximate surface area is 182 Å². The van der Waals surface area contributed by atoms with E-state index >= 15 is 0 Å². The molecule has 0 radical (unpaired) electrons. The molecule has 1 aromatic rings. The Morgan fingerprint density at radius 3 is 1.45 bits per heavy atom. The van der Waals surface area contributed by atoms with Crippen LogP contribution in [0.15, 0.2) is 30.3 Å². The first-order valence-corrected chi connectivity index (χ1v) is 12.5. The van der Waals surface area contributed by atoms with E-state index in [9.17, 15) is 0 Å². The molecule has 0 saturated heterocycles. The van der Waals surface area contributed by atoms with Crippen LogP contribution >= 0.6 is 0 Å². The van der Waals surface area contributed by atoms with Gasteiger partial charge < -0.3 is 10.8 Å². The summed E-state index contributed by atoms with van der Waals surface area (Å²) < 4.78 is 0. The maximum Gasteiger partial charge on any atom is 0.0205 e. The molecule has 1 aromatic carbocycles. The molecule has 2 heteroatoms. The molecule has 0 heterocycles. The monoisotopic (exact) mass is 405 g/mol. The van der Waals surface area contributed by atoms with E-state index in [1.54, 1.807) is 0 Å². The van der Waals surface area contributed by atoms with Gasteiger partial charge in [-0.15, -0.1) is 0 Å². The number of nitrogens with one attached hydrogen (secondary N) is 1. The Morgan fingerprint density at radius 2 is 1.00 bits per heavy atom. The van der Waals surface area contributed by atoms with E-state index in [2.05, 4.69) is 49.5 Å². The van der Waals surface area contributed by atoms with E-state index in [0.717, 1.165) is 19.0 Å². The standard InChI is InChI=1S/C27H49N.H2O/c1-26(2)21-17-14-12-10-8-6-4-3-5-7-9-11-13-15-20-24-28-25-27-22-18-16-19-23-27;/h16,18-19,22-23,26,28H,3-15,17,20-21,24-25H2,1-2H3;1H2. The molecule has 1 rings (SSSR count). The quantitative estimate of drug-likeness (QED) is 0.220. The van der Waals surface area contributed by atoms with E-state index < -0.39 is 0 Å². The summed E-state index contributed by atoms with van der Waals surface area (Å²) in [7, 11) is 0. The second kappa shape index (κ2) is 21.8. The van der Waals surface area contributed by atoms with Gasteiger partial charge in [0.25, 0.3) is 0 Å². The molecule has 3 N–H and O–H groups in total. The molecule has 170 valence electrons. The zero-order valence-corrected chi connectivity index (χ0v) is 19.7. The molecule has 0 bridgehead atoms. The molecule has 0 atom stereocenters. The largest absolute Gasteiger partial charge is 0.412 e. The molecule has 0 aliphatic heterocycles. The van der Waals surface area contributed by atoms with Gasteiger partial charge in [-0.05, 0) is 24.4 Å². The zero-order chi connectivity index (χ0) is 20.1. The summed E-state index contributed by atoms with van der Waals surface area (Å²) in [6, 6.07) is 10.7. The number of unbranched alkanes of at least 4 members (excludes halogenated alkanes) is 14. The predicted octanol–water partition coefficient (Wildman–Crippen LogP) is 7.85. The van der Waals surface area contributed by atoms with Crippen molar-refractivity contribution in [3.63, 3.8) is 0 Å². The fourth-order valence-electron chi connectivity index (χ4n) is 3.93. The normalized spacial score (nSPS) is 11.0. The van der Waals surface area contributed by atoms with Gasteiger partial charge in [0.05, 0.1) is 0 Å². The van der Waals surface area contributed by atoms with Crippen LogP contribution in [0.4, 0.5) is 0 Å². The molecule has 0 unspecified atom stereocenters. The number of hydrogen-bond acceptors (Lipinski definition) is 1. The first kappa shape index (κ1) is 28.1. The third-order valence-corrected chi connectivity index (χ3v) is 5.81. The van der Waals surface area contributed by atoms with Crippen molar-refractivity contribution in [2.45, 2.75) is 123 Å². The Bertz CT molecular complexity index is 418. The molecule has 0 aliphatic carbocycles. The van der Waals surface area contributed by atoms with Crippen molar-refractivity contribution in [3.8, 4) is 0 Å². The minimum absolute atomic E-state index is 0. The van der Waals surface area contributed by atoms with Crippen LogP contribution in [-0.2, 0) is 6.54 Å². The highest BCUT2D eigenvalue weighted by molar-refractivity contribution is 5.14. The number of rotatable bonds is 20. The lowest BCUT2D eigenvalue weighted by atomic mass is 10.0. The van der Waals surface area contributed by atoms with E-state index in [4.69, 9.17) is 0 Å². The second-order valence-corrected chi connectivity index (χ2v) is 9.15. The molecule has 0 spiro atoms. The van der Waals surface area contributed by atoms with Crippen LogP contribution < -0.4 is 5.32 Å². The first-order valence-electron chi connectivity index (χ1n) is 12.5. The topological polar surface area (TPSA) is 43.5 Å². The van der Waals surface area contributed by atoms with Crippen molar-refractivity contribution < 1.29 is 5.48 Å². The summed E-state index contributed by atoms with van der Waals surface area (Å²) in [6.45, 7) is 6.85. The van der Waals surface area contributed by atoms with Crippen molar-refractivity contribution in [2.24, 2.45) is 5.92 Å². The van der Waals surface area contributed by atoms with Crippen LogP contribution in [0.5, 0.6) is 0 Å². The third-order valence-electron chi connectivity index (χ3n) is 5.81. The highest BCUT2D eigenvalue weighted by Gasteiger charge is 1.96. The van der Waals surface area contributed by atoms with Gasteiger partial charge in [0.2, 0.25) is 0 Å². The van der Waals surface area contributed by atoms with E-state index in [-0.39, 0.29) is 5.48 Å². The highest BCUT2D eigenvalue weighted by Crippen LogP contribution is 2.14. The molecule has 0 aliphatic rings. The Morgan fingerprint density at radius 1 is 0.586 bits per heavy atom. The van der Waals surface area contributed by atoms with Crippen LogP contribution in [0.25, 0.3) is 0 Å². The summed E-state index contributed by atoms with van der Waals surface area (Å²) >= 11 is 0. The smallest absolute Gasteiger partial charge is 0.0205 e. The number of benzene rings is 1. The Hall–Kier alpha value is -0.860. The van der Waals surface area contributed by atoms with Gasteiger partial charge in [0.15, 0.2) is 0 Å². The summed E-state index contributed by atoms with van der Waals surface area (Å²) in [4.78, 5) is 0. The van der Waals surface area contributed by atoms with Crippen LogP contribution in [0.3, 0.4) is 0 Å². The molecule has 0 amide bonds. The van der Waals surface area contributed by atoms with Gasteiger partial charge in [0.1, 0.15) is 0 Å². The third kappa shape index (κ3) is 20.2. The fraction of sp³-hybridized carbons (Fsp3) is 0.778. The molecule has 0 fully saturated rings. The predicted molar refractivity (Wildman–Crippen MR) is 130 cm³/mol. The molecule has 2 nitrogen and oxygen atoms in total. The zero-order valence-electron chi connectivity index (χ0n) is 19.7. The highest BCUT2D eigenvalue weighted by atomic mass is 16.0. The van der Waals surface area contributed by atoms with Crippen LogP contribution in [0.2, 0.25) is 0 Å².